The van der Waals surface area contributed by atoms with Crippen molar-refractivity contribution in [1.82, 2.24) is 0 Å². The average Bonchev–Trinajstić information content (AvgIpc) is 2.27. The lowest BCUT2D eigenvalue weighted by Gasteiger charge is -2.14. The molecule has 0 bridgehead atoms. The summed E-state index contributed by atoms with van der Waals surface area (Å²) < 4.78 is 52.1. The van der Waals surface area contributed by atoms with Crippen molar-refractivity contribution in [3.8, 4) is 11.1 Å². The van der Waals surface area contributed by atoms with Gasteiger partial charge in [0.15, 0.2) is 0 Å². The molecule has 94 valence electrons. The van der Waals surface area contributed by atoms with Gasteiger partial charge in [0.2, 0.25) is 0 Å². The maximum absolute atomic E-state index is 13.6. The number of hydrogen-bond donors (Lipinski definition) is 1. The SMILES string of the molecule is Nc1ccc(C(F)(F)F)c(-c2ccccc2F)c1. The highest BCUT2D eigenvalue weighted by atomic mass is 19.4. The van der Waals surface area contributed by atoms with Gasteiger partial charge in [0.05, 0.1) is 5.56 Å². The zero-order valence-electron chi connectivity index (χ0n) is 9.13. The summed E-state index contributed by atoms with van der Waals surface area (Å²) in [5.41, 5.74) is 4.36. The summed E-state index contributed by atoms with van der Waals surface area (Å²) in [4.78, 5) is 0. The number of alkyl halides is 3. The molecule has 0 heterocycles. The van der Waals surface area contributed by atoms with Crippen molar-refractivity contribution in [2.24, 2.45) is 0 Å². The Morgan fingerprint density at radius 1 is 0.889 bits per heavy atom. The number of nitrogen functional groups attached to an aromatic ring is 1. The van der Waals surface area contributed by atoms with Crippen molar-refractivity contribution in [2.45, 2.75) is 6.18 Å². The van der Waals surface area contributed by atoms with Crippen LogP contribution in [0.5, 0.6) is 0 Å². The highest BCUT2D eigenvalue weighted by Crippen LogP contribution is 2.38. The number of halogens is 4. The summed E-state index contributed by atoms with van der Waals surface area (Å²) in [6.07, 6.45) is -4.55. The van der Waals surface area contributed by atoms with Gasteiger partial charge in [-0.25, -0.2) is 4.39 Å². The Morgan fingerprint density at radius 2 is 1.56 bits per heavy atom. The minimum absolute atomic E-state index is 0.114. The minimum atomic E-state index is -4.55. The first-order chi connectivity index (χ1) is 8.39. The highest BCUT2D eigenvalue weighted by molar-refractivity contribution is 5.72. The van der Waals surface area contributed by atoms with Gasteiger partial charge in [-0.2, -0.15) is 13.2 Å². The molecule has 2 rings (SSSR count). The second-order valence-corrected chi connectivity index (χ2v) is 3.78. The van der Waals surface area contributed by atoms with E-state index in [4.69, 9.17) is 5.73 Å². The maximum atomic E-state index is 13.6. The van der Waals surface area contributed by atoms with Crippen molar-refractivity contribution < 1.29 is 17.6 Å². The van der Waals surface area contributed by atoms with Crippen LogP contribution in [0.2, 0.25) is 0 Å². The predicted molar refractivity (Wildman–Crippen MR) is 61.3 cm³/mol. The molecular weight excluding hydrogens is 246 g/mol. The van der Waals surface area contributed by atoms with Gasteiger partial charge in [-0.15, -0.1) is 0 Å². The molecule has 0 aliphatic rings. The van der Waals surface area contributed by atoms with Gasteiger partial charge in [-0.05, 0) is 29.8 Å². The van der Waals surface area contributed by atoms with Crippen LogP contribution in [-0.2, 0) is 6.18 Å². The molecule has 0 saturated carbocycles. The van der Waals surface area contributed by atoms with Gasteiger partial charge in [0.1, 0.15) is 5.82 Å². The van der Waals surface area contributed by atoms with E-state index in [0.717, 1.165) is 24.3 Å². The molecule has 18 heavy (non-hydrogen) atoms. The van der Waals surface area contributed by atoms with Crippen LogP contribution in [-0.4, -0.2) is 0 Å². The van der Waals surface area contributed by atoms with E-state index in [1.54, 1.807) is 0 Å². The first-order valence-corrected chi connectivity index (χ1v) is 5.11. The minimum Gasteiger partial charge on any atom is -0.399 e. The first kappa shape index (κ1) is 12.4. The maximum Gasteiger partial charge on any atom is 0.417 e. The molecule has 0 aliphatic heterocycles. The number of nitrogens with two attached hydrogens (primary N) is 1. The van der Waals surface area contributed by atoms with Crippen molar-refractivity contribution >= 4 is 5.69 Å². The molecule has 1 nitrogen and oxygen atoms in total. The molecule has 0 aliphatic carbocycles. The van der Waals surface area contributed by atoms with Crippen LogP contribution in [0.1, 0.15) is 5.56 Å². The van der Waals surface area contributed by atoms with E-state index in [-0.39, 0.29) is 16.8 Å². The van der Waals surface area contributed by atoms with Crippen molar-refractivity contribution in [1.29, 1.82) is 0 Å². The summed E-state index contributed by atoms with van der Waals surface area (Å²) in [5, 5.41) is 0. The van der Waals surface area contributed by atoms with Crippen molar-refractivity contribution in [3.05, 3.63) is 53.8 Å². The Bertz CT molecular complexity index is 575. The topological polar surface area (TPSA) is 26.0 Å². The molecular formula is C13H9F4N. The third-order valence-corrected chi connectivity index (χ3v) is 2.51. The third kappa shape index (κ3) is 2.30. The number of anilines is 1. The molecule has 5 heteroatoms. The molecule has 0 unspecified atom stereocenters. The lowest BCUT2D eigenvalue weighted by molar-refractivity contribution is -0.137. The van der Waals surface area contributed by atoms with E-state index < -0.39 is 17.6 Å². The zero-order chi connectivity index (χ0) is 13.3. The second kappa shape index (κ2) is 4.33. The van der Waals surface area contributed by atoms with E-state index >= 15 is 0 Å². The first-order valence-electron chi connectivity index (χ1n) is 5.11. The number of rotatable bonds is 1. The second-order valence-electron chi connectivity index (χ2n) is 3.78. The normalized spacial score (nSPS) is 11.6. The summed E-state index contributed by atoms with van der Waals surface area (Å²) in [7, 11) is 0. The van der Waals surface area contributed by atoms with Crippen LogP contribution in [0.25, 0.3) is 11.1 Å². The summed E-state index contributed by atoms with van der Waals surface area (Å²) >= 11 is 0. The molecule has 2 aromatic rings. The van der Waals surface area contributed by atoms with Crippen molar-refractivity contribution in [2.75, 3.05) is 5.73 Å². The van der Waals surface area contributed by atoms with E-state index in [1.807, 2.05) is 0 Å². The van der Waals surface area contributed by atoms with Gasteiger partial charge in [0.25, 0.3) is 0 Å². The Kier molecular flexibility index (Phi) is 2.98. The van der Waals surface area contributed by atoms with E-state index in [1.165, 1.54) is 18.2 Å². The van der Waals surface area contributed by atoms with Gasteiger partial charge in [-0.3, -0.25) is 0 Å². The van der Waals surface area contributed by atoms with Crippen LogP contribution in [0.3, 0.4) is 0 Å². The average molecular weight is 255 g/mol. The molecule has 0 saturated heterocycles. The van der Waals surface area contributed by atoms with Gasteiger partial charge >= 0.3 is 6.18 Å². The fourth-order valence-electron chi connectivity index (χ4n) is 1.71. The molecule has 0 radical (unpaired) electrons. The number of benzene rings is 2. The van der Waals surface area contributed by atoms with Gasteiger partial charge < -0.3 is 5.73 Å². The fourth-order valence-corrected chi connectivity index (χ4v) is 1.71. The number of hydrogen-bond acceptors (Lipinski definition) is 1. The zero-order valence-corrected chi connectivity index (χ0v) is 9.13. The molecule has 0 amide bonds. The third-order valence-electron chi connectivity index (χ3n) is 2.51. The molecule has 0 spiro atoms. The van der Waals surface area contributed by atoms with E-state index in [9.17, 15) is 17.6 Å². The quantitative estimate of drug-likeness (QED) is 0.602. The summed E-state index contributed by atoms with van der Waals surface area (Å²) in [6.45, 7) is 0. The Morgan fingerprint density at radius 3 is 2.17 bits per heavy atom. The monoisotopic (exact) mass is 255 g/mol. The Balaban J connectivity index is 2.70. The highest BCUT2D eigenvalue weighted by Gasteiger charge is 2.34. The molecule has 2 aromatic carbocycles. The lowest BCUT2D eigenvalue weighted by atomic mass is 9.98. The molecule has 0 atom stereocenters. The van der Waals surface area contributed by atoms with Crippen LogP contribution in [0.4, 0.5) is 23.2 Å². The van der Waals surface area contributed by atoms with Crippen LogP contribution in [0, 0.1) is 5.82 Å². The predicted octanol–water partition coefficient (Wildman–Crippen LogP) is 4.09. The largest absolute Gasteiger partial charge is 0.417 e. The van der Waals surface area contributed by atoms with Crippen LogP contribution < -0.4 is 5.73 Å². The van der Waals surface area contributed by atoms with E-state index in [2.05, 4.69) is 0 Å². The molecule has 0 aromatic heterocycles. The Labute approximate surface area is 101 Å². The summed E-state index contributed by atoms with van der Waals surface area (Å²) in [6, 6.07) is 8.42. The fraction of sp³-hybridized carbons (Fsp3) is 0.0769. The van der Waals surface area contributed by atoms with Crippen LogP contribution in [0.15, 0.2) is 42.5 Å². The summed E-state index contributed by atoms with van der Waals surface area (Å²) in [5.74, 6) is -0.714. The Hall–Kier alpha value is -2.04. The van der Waals surface area contributed by atoms with Gasteiger partial charge in [-0.1, -0.05) is 18.2 Å². The molecule has 2 N–H and O–H groups in total. The van der Waals surface area contributed by atoms with Crippen molar-refractivity contribution in [3.63, 3.8) is 0 Å². The smallest absolute Gasteiger partial charge is 0.399 e. The standard InChI is InChI=1S/C13H9F4N/c14-12-4-2-1-3-9(12)10-7-8(18)5-6-11(10)13(15,16)17/h1-7H,18H2. The lowest BCUT2D eigenvalue weighted by Crippen LogP contribution is -2.08. The van der Waals surface area contributed by atoms with Crippen LogP contribution >= 0.6 is 0 Å². The van der Waals surface area contributed by atoms with E-state index in [0.29, 0.717) is 0 Å². The van der Waals surface area contributed by atoms with Gasteiger partial charge in [0, 0.05) is 11.3 Å². The molecule has 0 fully saturated rings.